The molecule has 0 spiro atoms. The second-order valence-electron chi connectivity index (χ2n) is 3.32. The van der Waals surface area contributed by atoms with Crippen molar-refractivity contribution in [1.82, 2.24) is 0 Å². The van der Waals surface area contributed by atoms with Crippen molar-refractivity contribution in [2.45, 2.75) is 12.5 Å². The third-order valence-electron chi connectivity index (χ3n) is 2.56. The lowest BCUT2D eigenvalue weighted by molar-refractivity contribution is 0.153. The van der Waals surface area contributed by atoms with Crippen molar-refractivity contribution >= 4 is 21.5 Å². The second kappa shape index (κ2) is 3.74. The molecule has 0 heterocycles. The molecule has 72 valence electrons. The maximum Gasteiger partial charge on any atom is 0.0938 e. The highest BCUT2D eigenvalue weighted by molar-refractivity contribution is 9.10. The zero-order chi connectivity index (χ0) is 10.1. The summed E-state index contributed by atoms with van der Waals surface area (Å²) in [6.45, 7) is 3.71. The zero-order valence-electron chi connectivity index (χ0n) is 8.01. The standard InChI is InChI=1S/C12H11BrO/c1-3-10-11-5-4-9(13)6-8(11)7-12(10)14-2/h4-6,12H,1,7H2,2H3. The van der Waals surface area contributed by atoms with Crippen molar-refractivity contribution in [3.63, 3.8) is 0 Å². The fourth-order valence-corrected chi connectivity index (χ4v) is 2.29. The van der Waals surface area contributed by atoms with Crippen LogP contribution >= 0.6 is 15.9 Å². The van der Waals surface area contributed by atoms with Crippen LogP contribution in [0.15, 0.2) is 35.0 Å². The summed E-state index contributed by atoms with van der Waals surface area (Å²) in [7, 11) is 1.73. The Morgan fingerprint density at radius 2 is 2.36 bits per heavy atom. The Hall–Kier alpha value is -0.820. The number of benzene rings is 1. The Bertz CT molecular complexity index is 416. The minimum absolute atomic E-state index is 0.122. The molecule has 0 N–H and O–H groups in total. The second-order valence-corrected chi connectivity index (χ2v) is 4.24. The number of hydrogen-bond donors (Lipinski definition) is 0. The highest BCUT2D eigenvalue weighted by atomic mass is 79.9. The highest BCUT2D eigenvalue weighted by Gasteiger charge is 2.26. The van der Waals surface area contributed by atoms with Crippen molar-refractivity contribution in [2.24, 2.45) is 0 Å². The van der Waals surface area contributed by atoms with E-state index in [1.165, 1.54) is 11.1 Å². The van der Waals surface area contributed by atoms with Crippen LogP contribution < -0.4 is 0 Å². The van der Waals surface area contributed by atoms with Gasteiger partial charge in [-0.05, 0) is 23.3 Å². The smallest absolute Gasteiger partial charge is 0.0938 e. The molecule has 0 radical (unpaired) electrons. The number of methoxy groups -OCH3 is 1. The summed E-state index contributed by atoms with van der Waals surface area (Å²) in [5.41, 5.74) is 6.57. The summed E-state index contributed by atoms with van der Waals surface area (Å²) < 4.78 is 6.49. The molecule has 0 bridgehead atoms. The molecule has 0 aliphatic heterocycles. The average molecular weight is 251 g/mol. The minimum Gasteiger partial charge on any atom is -0.376 e. The van der Waals surface area contributed by atoms with Gasteiger partial charge in [0.25, 0.3) is 0 Å². The van der Waals surface area contributed by atoms with Crippen LogP contribution in [0, 0.1) is 0 Å². The van der Waals surface area contributed by atoms with Crippen LogP contribution in [0.5, 0.6) is 0 Å². The lowest BCUT2D eigenvalue weighted by atomic mass is 10.1. The van der Waals surface area contributed by atoms with Crippen molar-refractivity contribution < 1.29 is 4.74 Å². The third kappa shape index (κ3) is 1.46. The van der Waals surface area contributed by atoms with Gasteiger partial charge in [-0.1, -0.05) is 28.6 Å². The molecule has 2 rings (SSSR count). The van der Waals surface area contributed by atoms with Crippen LogP contribution in [0.4, 0.5) is 0 Å². The summed E-state index contributed by atoms with van der Waals surface area (Å²) in [6.07, 6.45) is 1.04. The number of fused-ring (bicyclic) bond motifs is 1. The van der Waals surface area contributed by atoms with Gasteiger partial charge in [0.2, 0.25) is 0 Å². The van der Waals surface area contributed by atoms with E-state index in [2.05, 4.69) is 40.4 Å². The highest BCUT2D eigenvalue weighted by Crippen LogP contribution is 2.34. The summed E-state index contributed by atoms with van der Waals surface area (Å²) >= 11 is 3.46. The molecule has 0 saturated carbocycles. The summed E-state index contributed by atoms with van der Waals surface area (Å²) in [5.74, 6) is 0. The normalized spacial score (nSPS) is 19.3. The molecule has 0 saturated heterocycles. The van der Waals surface area contributed by atoms with E-state index in [0.717, 1.165) is 16.5 Å². The van der Waals surface area contributed by atoms with Crippen molar-refractivity contribution in [1.29, 1.82) is 0 Å². The lowest BCUT2D eigenvalue weighted by Crippen LogP contribution is -2.07. The molecule has 0 fully saturated rings. The minimum atomic E-state index is 0.122. The predicted octanol–water partition coefficient (Wildman–Crippen LogP) is 3.19. The first-order valence-electron chi connectivity index (χ1n) is 4.47. The van der Waals surface area contributed by atoms with E-state index in [9.17, 15) is 0 Å². The van der Waals surface area contributed by atoms with Gasteiger partial charge in [-0.3, -0.25) is 0 Å². The Labute approximate surface area is 92.2 Å². The Balaban J connectivity index is 2.53. The quantitative estimate of drug-likeness (QED) is 0.696. The maximum atomic E-state index is 5.38. The molecule has 1 aromatic rings. The first-order valence-corrected chi connectivity index (χ1v) is 5.27. The van der Waals surface area contributed by atoms with Crippen molar-refractivity contribution in [2.75, 3.05) is 7.11 Å². The van der Waals surface area contributed by atoms with Crippen LogP contribution in [-0.2, 0) is 11.2 Å². The van der Waals surface area contributed by atoms with Crippen LogP contribution in [0.2, 0.25) is 0 Å². The van der Waals surface area contributed by atoms with E-state index >= 15 is 0 Å². The van der Waals surface area contributed by atoms with Crippen LogP contribution in [-0.4, -0.2) is 13.2 Å². The van der Waals surface area contributed by atoms with E-state index in [4.69, 9.17) is 4.74 Å². The summed E-state index contributed by atoms with van der Waals surface area (Å²) in [4.78, 5) is 0. The van der Waals surface area contributed by atoms with E-state index in [1.54, 1.807) is 7.11 Å². The third-order valence-corrected chi connectivity index (χ3v) is 3.05. The molecule has 14 heavy (non-hydrogen) atoms. The molecule has 1 aliphatic carbocycles. The molecule has 1 unspecified atom stereocenters. The molecule has 1 aliphatic rings. The largest absolute Gasteiger partial charge is 0.376 e. The fraction of sp³-hybridized carbons (Fsp3) is 0.250. The number of halogens is 1. The lowest BCUT2D eigenvalue weighted by Gasteiger charge is -2.06. The molecule has 2 heteroatoms. The van der Waals surface area contributed by atoms with Gasteiger partial charge in [0.15, 0.2) is 0 Å². The topological polar surface area (TPSA) is 9.23 Å². The molecular weight excluding hydrogens is 240 g/mol. The molecule has 1 atom stereocenters. The van der Waals surface area contributed by atoms with Gasteiger partial charge in [-0.2, -0.15) is 0 Å². The van der Waals surface area contributed by atoms with Gasteiger partial charge in [0.1, 0.15) is 0 Å². The summed E-state index contributed by atoms with van der Waals surface area (Å²) in [5, 5.41) is 0. The van der Waals surface area contributed by atoms with Crippen molar-refractivity contribution in [3.05, 3.63) is 46.1 Å². The van der Waals surface area contributed by atoms with Gasteiger partial charge in [0.05, 0.1) is 6.10 Å². The van der Waals surface area contributed by atoms with Gasteiger partial charge in [-0.25, -0.2) is 0 Å². The monoisotopic (exact) mass is 250 g/mol. The average Bonchev–Trinajstić information content (AvgIpc) is 2.54. The zero-order valence-corrected chi connectivity index (χ0v) is 9.60. The van der Waals surface area contributed by atoms with Gasteiger partial charge < -0.3 is 4.74 Å². The Morgan fingerprint density at radius 1 is 1.57 bits per heavy atom. The van der Waals surface area contributed by atoms with Gasteiger partial charge in [-0.15, -0.1) is 5.73 Å². The molecule has 0 amide bonds. The molecule has 1 nitrogen and oxygen atoms in total. The molecule has 0 aromatic heterocycles. The van der Waals surface area contributed by atoms with Crippen LogP contribution in [0.1, 0.15) is 11.1 Å². The molecule has 1 aromatic carbocycles. The van der Waals surface area contributed by atoms with E-state index in [1.807, 2.05) is 6.07 Å². The first kappa shape index (κ1) is 9.72. The van der Waals surface area contributed by atoms with Crippen molar-refractivity contribution in [3.8, 4) is 0 Å². The maximum absolute atomic E-state index is 5.38. The SMILES string of the molecule is C=C=C1c2ccc(Br)cc2CC1OC. The van der Waals surface area contributed by atoms with Gasteiger partial charge >= 0.3 is 0 Å². The fourth-order valence-electron chi connectivity index (χ4n) is 1.88. The Morgan fingerprint density at radius 3 is 3.00 bits per heavy atom. The first-order chi connectivity index (χ1) is 6.76. The number of hydrogen-bond acceptors (Lipinski definition) is 1. The van der Waals surface area contributed by atoms with E-state index < -0.39 is 0 Å². The Kier molecular flexibility index (Phi) is 2.60. The number of ether oxygens (including phenoxy) is 1. The number of rotatable bonds is 1. The van der Waals surface area contributed by atoms with E-state index in [0.29, 0.717) is 0 Å². The van der Waals surface area contributed by atoms with E-state index in [-0.39, 0.29) is 6.10 Å². The summed E-state index contributed by atoms with van der Waals surface area (Å²) in [6, 6.07) is 6.26. The van der Waals surface area contributed by atoms with Crippen LogP contribution in [0.3, 0.4) is 0 Å². The van der Waals surface area contributed by atoms with Crippen LogP contribution in [0.25, 0.3) is 5.57 Å². The van der Waals surface area contributed by atoms with Gasteiger partial charge in [0, 0.05) is 23.6 Å². The predicted molar refractivity (Wildman–Crippen MR) is 61.2 cm³/mol. The molecular formula is C12H11BrO.